The van der Waals surface area contributed by atoms with Gasteiger partial charge in [0.25, 0.3) is 0 Å². The number of nitrogens with zero attached hydrogens (tertiary/aromatic N) is 2. The molecule has 0 radical (unpaired) electrons. The fraction of sp³-hybridized carbons (Fsp3) is 0.556. The van der Waals surface area contributed by atoms with Crippen molar-refractivity contribution in [3.05, 3.63) is 22.7 Å². The van der Waals surface area contributed by atoms with Crippen LogP contribution in [0, 0.1) is 0 Å². The third-order valence-corrected chi connectivity index (χ3v) is 3.26. The van der Waals surface area contributed by atoms with E-state index in [1.165, 1.54) is 12.3 Å². The summed E-state index contributed by atoms with van der Waals surface area (Å²) in [5.41, 5.74) is 4.72. The average Bonchev–Trinajstić information content (AvgIpc) is 2.67. The summed E-state index contributed by atoms with van der Waals surface area (Å²) in [5, 5.41) is 9.74. The van der Waals surface area contributed by atoms with Crippen LogP contribution in [0.3, 0.4) is 0 Å². The minimum absolute atomic E-state index is 0. The summed E-state index contributed by atoms with van der Waals surface area (Å²) in [6, 6.07) is 1.40. The van der Waals surface area contributed by atoms with Crippen LogP contribution in [0.15, 0.2) is 17.1 Å². The number of anilines is 1. The van der Waals surface area contributed by atoms with Gasteiger partial charge in [0.15, 0.2) is 0 Å². The summed E-state index contributed by atoms with van der Waals surface area (Å²) in [6.45, 7) is -0.487. The molecule has 1 fully saturated rings. The second-order valence-corrected chi connectivity index (χ2v) is 5.50. The number of phosphoric ester groups is 1. The Hall–Kier alpha value is -0.290. The van der Waals surface area contributed by atoms with Crippen molar-refractivity contribution >= 4 is 13.6 Å². The van der Waals surface area contributed by atoms with E-state index in [1.807, 2.05) is 0 Å². The van der Waals surface area contributed by atoms with Gasteiger partial charge < -0.3 is 25.4 Å². The third kappa shape index (κ3) is 5.13. The Morgan fingerprint density at radius 2 is 2.24 bits per heavy atom. The number of nitrogens with two attached hydrogens (primary N) is 1. The van der Waals surface area contributed by atoms with Gasteiger partial charge >= 0.3 is 43.1 Å². The molecule has 0 saturated carbocycles. The molecule has 0 unspecified atom stereocenters. The Labute approximate surface area is 141 Å². The maximum absolute atomic E-state index is 11.6. The fourth-order valence-corrected chi connectivity index (χ4v) is 2.19. The molecule has 1 aromatic heterocycles. The standard InChI is InChI=1S/C9H14N3O7P.Na/c10-7-1-2-12(9(14)11-7)8-3-5(13)6(19-8)4-18-20(15,16)17;/h1-2,5-6,8,13H,3-4H2,(H2,10,11,14)(H2,15,16,17);/q;+1/t5-,6+,8+;/m0./s1/i1+1,2+1,3+1,4+1,5+1,6+1,7+1,8+1,9+1,10+1,11+1,12+1;. The molecule has 112 valence electrons. The molecule has 1 aliphatic heterocycles. The maximum Gasteiger partial charge on any atom is 1.00 e. The maximum atomic E-state index is 11.6. The molecular weight excluding hydrogens is 328 g/mol. The molecule has 0 aliphatic carbocycles. The number of rotatable bonds is 4. The number of hydrogen-bond donors (Lipinski definition) is 4. The number of aromatic nitrogens is 2. The molecule has 21 heavy (non-hydrogen) atoms. The summed E-state index contributed by atoms with van der Waals surface area (Å²) in [5.74, 6) is 0.0613. The quantitative estimate of drug-likeness (QED) is 0.183. The molecule has 10 nitrogen and oxygen atoms in total. The van der Waals surface area contributed by atoms with Crippen LogP contribution in [0.25, 0.3) is 0 Å². The van der Waals surface area contributed by atoms with Gasteiger partial charge in [0, 0.05) is 12.6 Å². The molecule has 1 aromatic rings. The van der Waals surface area contributed by atoms with Crippen molar-refractivity contribution in [2.24, 2.45) is 0 Å². The second-order valence-electron chi connectivity index (χ2n) is 4.26. The van der Waals surface area contributed by atoms with E-state index in [9.17, 15) is 14.5 Å². The van der Waals surface area contributed by atoms with Crippen molar-refractivity contribution in [2.75, 3.05) is 12.3 Å². The van der Waals surface area contributed by atoms with Gasteiger partial charge in [-0.15, -0.1) is 0 Å². The van der Waals surface area contributed by atoms with E-state index in [-0.39, 0.29) is 41.8 Å². The first-order chi connectivity index (χ1) is 9.26. The van der Waals surface area contributed by atoms with Crippen molar-refractivity contribution in [1.82, 2.24) is 9.55 Å². The van der Waals surface area contributed by atoms with Crippen molar-refractivity contribution < 1.29 is 58.3 Å². The molecule has 0 aromatic carbocycles. The zero-order valence-corrected chi connectivity index (χ0v) is 14.1. The van der Waals surface area contributed by atoms with Crippen LogP contribution in [0.1, 0.15) is 12.6 Å². The number of nitrogen functional groups attached to an aromatic ring is 1. The number of aliphatic hydroxyl groups is 1. The molecule has 3 atom stereocenters. The predicted octanol–water partition coefficient (Wildman–Crippen LogP) is -4.41. The second kappa shape index (κ2) is 7.32. The third-order valence-electron chi connectivity index (χ3n) is 2.77. The molecule has 2 rings (SSSR count). The van der Waals surface area contributed by atoms with Crippen molar-refractivity contribution in [1.29, 1.82) is 0 Å². The van der Waals surface area contributed by atoms with Crippen LogP contribution < -0.4 is 41.0 Å². The summed E-state index contributed by atoms with van der Waals surface area (Å²) < 4.78 is 21.3. The molecular formula is C9H14N3NaO7P+. The zero-order chi connectivity index (χ0) is 14.9. The summed E-state index contributed by atoms with van der Waals surface area (Å²) in [7, 11) is -4.64. The van der Waals surface area contributed by atoms with E-state index < -0.39 is 38.6 Å². The van der Waals surface area contributed by atoms with E-state index in [0.29, 0.717) is 0 Å². The smallest absolute Gasteiger partial charge is 0.390 e. The van der Waals surface area contributed by atoms with Gasteiger partial charge in [-0.25, -0.2) is 9.36 Å². The molecule has 0 spiro atoms. The largest absolute Gasteiger partial charge is 1.00 e. The van der Waals surface area contributed by atoms with Gasteiger partial charge in [-0.05, 0) is 6.07 Å². The van der Waals surface area contributed by atoms with E-state index in [4.69, 9.17) is 20.3 Å². The van der Waals surface area contributed by atoms with Gasteiger partial charge in [0.2, 0.25) is 0 Å². The molecule has 2 heterocycles. The minimum Gasteiger partial charge on any atom is -0.390 e. The number of phosphoric acid groups is 1. The number of aliphatic hydroxyl groups excluding tert-OH is 1. The van der Waals surface area contributed by atoms with Crippen LogP contribution >= 0.6 is 7.82 Å². The van der Waals surface area contributed by atoms with E-state index in [0.717, 1.165) is 4.57 Å². The van der Waals surface area contributed by atoms with Crippen LogP contribution in [0.4, 0.5) is 5.82 Å². The topological polar surface area (TPSA) is 157 Å². The van der Waals surface area contributed by atoms with Crippen LogP contribution in [0.5, 0.6) is 0 Å². The Morgan fingerprint density at radius 1 is 1.57 bits per heavy atom. The van der Waals surface area contributed by atoms with E-state index in [2.05, 4.69) is 9.51 Å². The molecule has 1 saturated heterocycles. The Morgan fingerprint density at radius 3 is 2.81 bits per heavy atom. The van der Waals surface area contributed by atoms with Crippen molar-refractivity contribution in [3.8, 4) is 0 Å². The Balaban J connectivity index is 0.00000220. The molecule has 5 N–H and O–H groups in total. The van der Waals surface area contributed by atoms with Crippen molar-refractivity contribution in [3.63, 3.8) is 0 Å². The van der Waals surface area contributed by atoms with Gasteiger partial charge in [-0.1, -0.05) is 0 Å². The van der Waals surface area contributed by atoms with Gasteiger partial charge in [0.05, 0.1) is 12.7 Å². The van der Waals surface area contributed by atoms with Crippen LogP contribution in [-0.4, -0.2) is 43.3 Å². The van der Waals surface area contributed by atoms with Crippen molar-refractivity contribution in [2.45, 2.75) is 24.9 Å². The van der Waals surface area contributed by atoms with E-state index >= 15 is 0 Å². The first-order valence-corrected chi connectivity index (χ1v) is 7.17. The Bertz CT molecular complexity index is 591. The average molecular weight is 342 g/mol. The van der Waals surface area contributed by atoms with Gasteiger partial charge in [-0.2, -0.15) is 4.98 Å². The first kappa shape index (κ1) is 18.8. The Kier molecular flexibility index (Phi) is 6.54. The summed E-state index contributed by atoms with van der Waals surface area (Å²) in [6.07, 6.45) is -1.32. The summed E-state index contributed by atoms with van der Waals surface area (Å²) >= 11 is 0. The predicted molar refractivity (Wildman–Crippen MR) is 65.4 cm³/mol. The molecule has 0 bridgehead atoms. The molecule has 1 aliphatic rings. The van der Waals surface area contributed by atoms with Gasteiger partial charge in [0.1, 0.15) is 18.1 Å². The zero-order valence-electron chi connectivity index (χ0n) is 11.2. The monoisotopic (exact) mass is 342 g/mol. The molecule has 12 heteroatoms. The first-order valence-electron chi connectivity index (χ1n) is 5.64. The number of ether oxygens (including phenoxy) is 1. The SMILES string of the molecule is [15NH2][13c]1[13cH][13cH][15n]([13C@H]2[13CH2][13C@H](O)[13C@@H]([13CH2]OP(=O)(O)O)O2)[13c](=O)[15n]1.[Na+]. The summed E-state index contributed by atoms with van der Waals surface area (Å²) in [4.78, 5) is 32.3. The number of hydrogen-bond acceptors (Lipinski definition) is 7. The molecule has 0 amide bonds. The fourth-order valence-electron chi connectivity index (χ4n) is 1.85. The van der Waals surface area contributed by atoms with Gasteiger partial charge in [-0.3, -0.25) is 9.09 Å². The minimum atomic E-state index is -4.64. The van der Waals surface area contributed by atoms with Crippen LogP contribution in [-0.2, 0) is 13.8 Å². The normalized spacial score (nSPS) is 25.6. The van der Waals surface area contributed by atoms with E-state index in [1.54, 1.807) is 0 Å². The van der Waals surface area contributed by atoms with Crippen LogP contribution in [0.2, 0.25) is 0 Å².